The lowest BCUT2D eigenvalue weighted by Gasteiger charge is -2.38. The highest BCUT2D eigenvalue weighted by atomic mass is 28.4. The minimum Gasteiger partial charge on any atom is -0.542 e. The van der Waals surface area contributed by atoms with Crippen molar-refractivity contribution in [2.24, 2.45) is 0 Å². The summed E-state index contributed by atoms with van der Waals surface area (Å²) < 4.78 is 12.6. The second-order valence-electron chi connectivity index (χ2n) is 10.0. The van der Waals surface area contributed by atoms with Gasteiger partial charge in [0, 0.05) is 0 Å². The monoisotopic (exact) mass is 392 g/mol. The Morgan fingerprint density at radius 1 is 0.962 bits per heavy atom. The van der Waals surface area contributed by atoms with Crippen molar-refractivity contribution in [2.75, 3.05) is 5.73 Å². The van der Waals surface area contributed by atoms with Gasteiger partial charge in [-0.2, -0.15) is 5.26 Å². The maximum Gasteiger partial charge on any atom is 0.250 e. The van der Waals surface area contributed by atoms with Gasteiger partial charge in [0.2, 0.25) is 0 Å². The molecule has 4 nitrogen and oxygen atoms in total. The average Bonchev–Trinajstić information content (AvgIpc) is 2.44. The lowest BCUT2D eigenvalue weighted by atomic mass is 10.1. The summed E-state index contributed by atoms with van der Waals surface area (Å²) in [7, 11) is -4.02. The lowest BCUT2D eigenvalue weighted by Crippen LogP contribution is -2.44. The maximum absolute atomic E-state index is 9.64. The van der Waals surface area contributed by atoms with Gasteiger partial charge < -0.3 is 14.6 Å². The van der Waals surface area contributed by atoms with E-state index in [1.165, 1.54) is 0 Å². The Balaban J connectivity index is 3.11. The number of nitrogens with two attached hydrogens (primary N) is 1. The zero-order valence-corrected chi connectivity index (χ0v) is 20.2. The smallest absolute Gasteiger partial charge is 0.250 e. The van der Waals surface area contributed by atoms with E-state index in [0.717, 1.165) is 5.56 Å². The molecule has 0 amide bonds. The molecule has 0 heterocycles. The van der Waals surface area contributed by atoms with E-state index >= 15 is 0 Å². The zero-order valence-electron chi connectivity index (χ0n) is 18.2. The number of nitrogens with zero attached hydrogens (tertiary/aromatic N) is 1. The van der Waals surface area contributed by atoms with Crippen molar-refractivity contribution < 1.29 is 8.85 Å². The molecule has 6 heteroatoms. The summed E-state index contributed by atoms with van der Waals surface area (Å²) in [5.41, 5.74) is 7.61. The van der Waals surface area contributed by atoms with Gasteiger partial charge in [0.25, 0.3) is 8.32 Å². The number of nitriles is 1. The van der Waals surface area contributed by atoms with Crippen LogP contribution in [0.3, 0.4) is 0 Å². The minimum absolute atomic E-state index is 0.0407. The first-order valence-electron chi connectivity index (χ1n) is 9.18. The Morgan fingerprint density at radius 2 is 1.46 bits per heavy atom. The van der Waals surface area contributed by atoms with Crippen LogP contribution < -0.4 is 10.2 Å². The van der Waals surface area contributed by atoms with Crippen molar-refractivity contribution in [3.05, 3.63) is 23.8 Å². The highest BCUT2D eigenvalue weighted by Crippen LogP contribution is 2.41. The summed E-state index contributed by atoms with van der Waals surface area (Å²) in [6.45, 7) is 21.8. The molecule has 0 aliphatic rings. The third-order valence-electron chi connectivity index (χ3n) is 5.84. The second-order valence-corrected chi connectivity index (χ2v) is 19.5. The molecule has 2 N–H and O–H groups in total. The first-order valence-corrected chi connectivity index (χ1v) is 15.0. The Morgan fingerprint density at radius 3 is 1.85 bits per heavy atom. The molecule has 1 aromatic carbocycles. The van der Waals surface area contributed by atoms with Crippen LogP contribution in [0.2, 0.25) is 36.3 Å². The minimum atomic E-state index is -2.05. The van der Waals surface area contributed by atoms with Gasteiger partial charge in [-0.1, -0.05) is 47.6 Å². The molecular formula is C20H36N2O2Si2. The van der Waals surface area contributed by atoms with Crippen LogP contribution in [0.4, 0.5) is 5.69 Å². The van der Waals surface area contributed by atoms with Crippen molar-refractivity contribution in [3.8, 4) is 11.8 Å². The molecule has 146 valence electrons. The van der Waals surface area contributed by atoms with Crippen LogP contribution in [0.1, 0.15) is 53.2 Å². The van der Waals surface area contributed by atoms with E-state index in [-0.39, 0.29) is 10.1 Å². The van der Waals surface area contributed by atoms with Crippen molar-refractivity contribution in [3.63, 3.8) is 0 Å². The normalized spacial score (nSPS) is 14.7. The van der Waals surface area contributed by atoms with E-state index in [1.54, 1.807) is 0 Å². The molecule has 0 aromatic heterocycles. The number of anilines is 1. The topological polar surface area (TPSA) is 68.3 Å². The maximum atomic E-state index is 9.64. The van der Waals surface area contributed by atoms with Crippen molar-refractivity contribution in [1.82, 2.24) is 0 Å². The summed E-state index contributed by atoms with van der Waals surface area (Å²) in [5.74, 6) is 0.698. The third-order valence-corrected chi connectivity index (χ3v) is 14.6. The fourth-order valence-corrected chi connectivity index (χ4v) is 4.06. The molecule has 1 aromatic rings. The molecule has 0 radical (unpaired) electrons. The summed E-state index contributed by atoms with van der Waals surface area (Å²) in [4.78, 5) is 0. The van der Waals surface area contributed by atoms with Gasteiger partial charge >= 0.3 is 0 Å². The van der Waals surface area contributed by atoms with Gasteiger partial charge in [-0.3, -0.25) is 0 Å². The Bertz CT molecular complexity index is 681. The molecule has 0 spiro atoms. The Kier molecular flexibility index (Phi) is 6.45. The molecule has 0 bridgehead atoms. The van der Waals surface area contributed by atoms with Crippen molar-refractivity contribution >= 4 is 22.3 Å². The van der Waals surface area contributed by atoms with Crippen LogP contribution in [-0.2, 0) is 4.43 Å². The van der Waals surface area contributed by atoms with Crippen LogP contribution in [0.5, 0.6) is 5.75 Å². The Labute approximate surface area is 162 Å². The molecule has 1 atom stereocenters. The summed E-state index contributed by atoms with van der Waals surface area (Å²) in [6, 6.07) is 7.90. The quantitative estimate of drug-likeness (QED) is 0.475. The van der Waals surface area contributed by atoms with Gasteiger partial charge in [0.15, 0.2) is 14.4 Å². The molecular weight excluding hydrogens is 356 g/mol. The van der Waals surface area contributed by atoms with Crippen molar-refractivity contribution in [1.29, 1.82) is 5.26 Å². The van der Waals surface area contributed by atoms with Gasteiger partial charge in [0.05, 0.1) is 11.8 Å². The van der Waals surface area contributed by atoms with Gasteiger partial charge in [-0.25, -0.2) is 0 Å². The number of hydrogen-bond donors (Lipinski definition) is 1. The summed E-state index contributed by atoms with van der Waals surface area (Å²) in [6.07, 6.45) is -0.611. The Hall–Kier alpha value is -1.30. The summed E-state index contributed by atoms with van der Waals surface area (Å²) in [5, 5.41) is 9.78. The molecule has 1 rings (SSSR count). The largest absolute Gasteiger partial charge is 0.542 e. The fraction of sp³-hybridized carbons (Fsp3) is 0.650. The van der Waals surface area contributed by atoms with Gasteiger partial charge in [-0.05, 0) is 54.0 Å². The fourth-order valence-electron chi connectivity index (χ4n) is 1.89. The van der Waals surface area contributed by atoms with Crippen LogP contribution in [0.15, 0.2) is 18.2 Å². The predicted octanol–water partition coefficient (Wildman–Crippen LogP) is 6.24. The second kappa shape index (κ2) is 7.37. The predicted molar refractivity (Wildman–Crippen MR) is 115 cm³/mol. The molecule has 0 saturated heterocycles. The summed E-state index contributed by atoms with van der Waals surface area (Å²) >= 11 is 0. The molecule has 0 aliphatic carbocycles. The first-order chi connectivity index (χ1) is 11.5. The highest BCUT2D eigenvalue weighted by molar-refractivity contribution is 6.75. The van der Waals surface area contributed by atoms with Crippen molar-refractivity contribution in [2.45, 2.75) is 83.9 Å². The van der Waals surface area contributed by atoms with Gasteiger partial charge in [-0.15, -0.1) is 0 Å². The molecule has 0 saturated carbocycles. The number of hydrogen-bond acceptors (Lipinski definition) is 4. The van der Waals surface area contributed by atoms with E-state index in [4.69, 9.17) is 14.6 Å². The number of benzene rings is 1. The zero-order chi connectivity index (χ0) is 20.6. The SMILES string of the molecule is CC(C)(C)[Si](C)(C)Oc1ccc(C(C#N)O[Si](C)(C)C(C)(C)C)cc1N. The van der Waals surface area contributed by atoms with Crippen LogP contribution in [-0.4, -0.2) is 16.6 Å². The van der Waals surface area contributed by atoms with Crippen LogP contribution in [0, 0.1) is 11.3 Å². The van der Waals surface area contributed by atoms with E-state index in [9.17, 15) is 5.26 Å². The van der Waals surface area contributed by atoms with Gasteiger partial charge in [0.1, 0.15) is 5.75 Å². The van der Waals surface area contributed by atoms with Crippen LogP contribution in [0.25, 0.3) is 0 Å². The van der Waals surface area contributed by atoms with E-state index in [0.29, 0.717) is 11.4 Å². The van der Waals surface area contributed by atoms with Crippen LogP contribution >= 0.6 is 0 Å². The van der Waals surface area contributed by atoms with E-state index in [2.05, 4.69) is 73.8 Å². The highest BCUT2D eigenvalue weighted by Gasteiger charge is 2.40. The average molecular weight is 393 g/mol. The van der Waals surface area contributed by atoms with E-state index < -0.39 is 22.7 Å². The molecule has 1 unspecified atom stereocenters. The number of rotatable bonds is 5. The molecule has 0 fully saturated rings. The standard InChI is InChI=1S/C20H36N2O2Si2/c1-19(2,3)25(7,8)23-17-12-11-15(13-16(17)22)18(14-21)24-26(9,10)20(4,5)6/h11-13,18H,22H2,1-10H3. The first kappa shape index (κ1) is 22.7. The molecule has 26 heavy (non-hydrogen) atoms. The number of nitrogen functional groups attached to an aromatic ring is 1. The lowest BCUT2D eigenvalue weighted by molar-refractivity contribution is 0.236. The molecule has 0 aliphatic heterocycles. The van der Waals surface area contributed by atoms with E-state index in [1.807, 2.05) is 18.2 Å². The third kappa shape index (κ3) is 5.12.